The second-order valence-electron chi connectivity index (χ2n) is 13.5. The Morgan fingerprint density at radius 3 is 2.45 bits per heavy atom. The van der Waals surface area contributed by atoms with E-state index in [2.05, 4.69) is 25.5 Å². The molecule has 0 aromatic rings. The summed E-state index contributed by atoms with van der Waals surface area (Å²) in [7, 11) is -5.95. The van der Waals surface area contributed by atoms with Crippen LogP contribution in [0.5, 0.6) is 0 Å². The Balaban J connectivity index is 1.37. The van der Waals surface area contributed by atoms with Crippen molar-refractivity contribution >= 4 is 16.1 Å². The normalized spacial score (nSPS) is 45.2. The summed E-state index contributed by atoms with van der Waals surface area (Å²) in [5.41, 5.74) is 0.513. The number of rotatable bonds is 6. The molecule has 0 amide bonds. The quantitative estimate of drug-likeness (QED) is 0.207. The number of esters is 1. The molecule has 0 radical (unpaired) electrons. The Kier molecular flexibility index (Phi) is 7.64. The molecule has 3 unspecified atom stereocenters. The van der Waals surface area contributed by atoms with Gasteiger partial charge in [0, 0.05) is 11.8 Å². The Labute approximate surface area is 234 Å². The van der Waals surface area contributed by atoms with Crippen LogP contribution in [0.15, 0.2) is 11.3 Å². The zero-order chi connectivity index (χ0) is 29.4. The lowest BCUT2D eigenvalue weighted by atomic mass is 9.43. The first-order valence-corrected chi connectivity index (χ1v) is 15.9. The standard InChI is InChI=1S/C28H42F2O9S/c1-14-4-5-21(38-8-9-39-25(34)28(29,30)40(35,36)37)17-12-19-23-18(13-22(33)27(19,3)24(14)17)26(2)7-6-16(31)10-15(26)11-20(23)32/h14-16,18-20,22-24,31-33H,4-13H2,1-3H3,(H,35,36,37)/t14-,15+,16?,18+,19+,20?,22?,23-,24+,26+,27-/m1/s1. The highest BCUT2D eigenvalue weighted by atomic mass is 32.2. The maximum atomic E-state index is 13.5. The molecule has 0 aromatic carbocycles. The van der Waals surface area contributed by atoms with Gasteiger partial charge in [-0.1, -0.05) is 20.8 Å². The van der Waals surface area contributed by atoms with Crippen LogP contribution < -0.4 is 0 Å². The van der Waals surface area contributed by atoms with Crippen molar-refractivity contribution in [3.63, 3.8) is 0 Å². The van der Waals surface area contributed by atoms with Gasteiger partial charge in [0.25, 0.3) is 0 Å². The van der Waals surface area contributed by atoms with E-state index in [0.717, 1.165) is 24.8 Å². The van der Waals surface area contributed by atoms with Gasteiger partial charge in [-0.25, -0.2) is 4.79 Å². The molecule has 0 bridgehead atoms. The lowest BCUT2D eigenvalue weighted by molar-refractivity contribution is -0.206. The topological polar surface area (TPSA) is 151 Å². The molecule has 0 spiro atoms. The number of hydrogen-bond donors (Lipinski definition) is 4. The summed E-state index contributed by atoms with van der Waals surface area (Å²) in [6.45, 7) is 5.66. The molecular formula is C28H42F2O9S. The van der Waals surface area contributed by atoms with Crippen LogP contribution in [0, 0.1) is 46.3 Å². The predicted octanol–water partition coefficient (Wildman–Crippen LogP) is 3.28. The van der Waals surface area contributed by atoms with Crippen molar-refractivity contribution in [1.29, 1.82) is 0 Å². The second kappa shape index (κ2) is 10.1. The first kappa shape index (κ1) is 30.1. The van der Waals surface area contributed by atoms with E-state index in [1.807, 2.05) is 0 Å². The van der Waals surface area contributed by atoms with Gasteiger partial charge in [0.1, 0.15) is 13.2 Å². The van der Waals surface area contributed by atoms with Gasteiger partial charge in [0.15, 0.2) is 0 Å². The van der Waals surface area contributed by atoms with E-state index in [4.69, 9.17) is 9.29 Å². The van der Waals surface area contributed by atoms with E-state index in [0.29, 0.717) is 37.9 Å². The third kappa shape index (κ3) is 4.51. The lowest BCUT2D eigenvalue weighted by Crippen LogP contribution is -2.62. The van der Waals surface area contributed by atoms with Crippen molar-refractivity contribution < 1.29 is 51.3 Å². The maximum absolute atomic E-state index is 13.5. The largest absolute Gasteiger partial charge is 0.494 e. The van der Waals surface area contributed by atoms with Gasteiger partial charge in [-0.3, -0.25) is 4.55 Å². The summed E-state index contributed by atoms with van der Waals surface area (Å²) < 4.78 is 67.4. The maximum Gasteiger partial charge on any atom is 0.465 e. The molecule has 4 fully saturated rings. The van der Waals surface area contributed by atoms with Crippen molar-refractivity contribution in [3.05, 3.63) is 11.3 Å². The van der Waals surface area contributed by atoms with Gasteiger partial charge in [0.2, 0.25) is 0 Å². The molecule has 5 aliphatic rings. The predicted molar refractivity (Wildman–Crippen MR) is 138 cm³/mol. The summed E-state index contributed by atoms with van der Waals surface area (Å²) in [5.74, 6) is -1.07. The highest BCUT2D eigenvalue weighted by Crippen LogP contribution is 2.70. The van der Waals surface area contributed by atoms with Crippen LogP contribution in [-0.2, 0) is 24.4 Å². The van der Waals surface area contributed by atoms with E-state index in [1.165, 1.54) is 0 Å². The molecule has 4 saturated carbocycles. The van der Waals surface area contributed by atoms with Gasteiger partial charge < -0.3 is 24.8 Å². The monoisotopic (exact) mass is 592 g/mol. The number of allylic oxidation sites excluding steroid dienone is 2. The molecule has 0 saturated heterocycles. The van der Waals surface area contributed by atoms with Crippen LogP contribution in [0.4, 0.5) is 8.78 Å². The highest BCUT2D eigenvalue weighted by Gasteiger charge is 2.67. The zero-order valence-corrected chi connectivity index (χ0v) is 24.1. The zero-order valence-electron chi connectivity index (χ0n) is 23.3. The van der Waals surface area contributed by atoms with E-state index in [-0.39, 0.29) is 53.6 Å². The molecule has 0 heterocycles. The fraction of sp³-hybridized carbons (Fsp3) is 0.893. The van der Waals surface area contributed by atoms with E-state index < -0.39 is 45.6 Å². The third-order valence-corrected chi connectivity index (χ3v) is 12.5. The molecular weight excluding hydrogens is 550 g/mol. The minimum atomic E-state index is -5.95. The summed E-state index contributed by atoms with van der Waals surface area (Å²) in [4.78, 5) is 11.5. The van der Waals surface area contributed by atoms with Crippen LogP contribution >= 0.6 is 0 Å². The third-order valence-electron chi connectivity index (χ3n) is 11.6. The molecule has 11 atom stereocenters. The number of aliphatic hydroxyl groups is 3. The first-order valence-electron chi connectivity index (χ1n) is 14.4. The second-order valence-corrected chi connectivity index (χ2v) is 14.9. The van der Waals surface area contributed by atoms with E-state index >= 15 is 0 Å². The number of ether oxygens (including phenoxy) is 2. The van der Waals surface area contributed by atoms with Crippen molar-refractivity contribution in [2.75, 3.05) is 13.2 Å². The minimum Gasteiger partial charge on any atom is -0.494 e. The minimum absolute atomic E-state index is 0.0000553. The number of halogens is 2. The molecule has 0 aromatic heterocycles. The van der Waals surface area contributed by atoms with Crippen LogP contribution in [0.3, 0.4) is 0 Å². The average Bonchev–Trinajstić information content (AvgIpc) is 3.19. The van der Waals surface area contributed by atoms with Gasteiger partial charge >= 0.3 is 21.3 Å². The number of fused-ring (bicyclic) bond motifs is 7. The average molecular weight is 593 g/mol. The Bertz CT molecular complexity index is 1160. The van der Waals surface area contributed by atoms with Crippen LogP contribution in [0.25, 0.3) is 0 Å². The Morgan fingerprint density at radius 2 is 1.77 bits per heavy atom. The fourth-order valence-corrected chi connectivity index (χ4v) is 9.92. The molecule has 4 N–H and O–H groups in total. The molecule has 0 aliphatic heterocycles. The van der Waals surface area contributed by atoms with Gasteiger partial charge in [-0.05, 0) is 91.4 Å². The molecule has 9 nitrogen and oxygen atoms in total. The summed E-state index contributed by atoms with van der Waals surface area (Å²) in [6, 6.07) is 0. The van der Waals surface area contributed by atoms with Crippen molar-refractivity contribution in [2.45, 2.75) is 95.7 Å². The first-order chi connectivity index (χ1) is 18.5. The number of aliphatic hydroxyl groups excluding tert-OH is 3. The molecule has 228 valence electrons. The van der Waals surface area contributed by atoms with E-state index in [1.54, 1.807) is 0 Å². The number of carbonyl (C=O) groups excluding carboxylic acids is 1. The van der Waals surface area contributed by atoms with Gasteiger partial charge in [0.05, 0.1) is 24.1 Å². The molecule has 5 aliphatic carbocycles. The van der Waals surface area contributed by atoms with E-state index in [9.17, 15) is 37.3 Å². The van der Waals surface area contributed by atoms with Crippen LogP contribution in [0.1, 0.15) is 72.1 Å². The number of alkyl halides is 2. The molecule has 5 rings (SSSR count). The van der Waals surface area contributed by atoms with Crippen LogP contribution in [-0.4, -0.2) is 71.0 Å². The number of hydrogen-bond acceptors (Lipinski definition) is 8. The Morgan fingerprint density at radius 1 is 1.07 bits per heavy atom. The highest BCUT2D eigenvalue weighted by molar-refractivity contribution is 7.87. The summed E-state index contributed by atoms with van der Waals surface area (Å²) in [5, 5.41) is 28.6. The lowest BCUT2D eigenvalue weighted by Gasteiger charge is -2.63. The van der Waals surface area contributed by atoms with Crippen molar-refractivity contribution in [1.82, 2.24) is 0 Å². The summed E-state index contributed by atoms with van der Waals surface area (Å²) >= 11 is 0. The summed E-state index contributed by atoms with van der Waals surface area (Å²) in [6.07, 6.45) is 4.07. The molecule has 40 heavy (non-hydrogen) atoms. The fourth-order valence-electron chi connectivity index (χ4n) is 9.65. The smallest absolute Gasteiger partial charge is 0.465 e. The van der Waals surface area contributed by atoms with Gasteiger partial charge in [-0.2, -0.15) is 17.2 Å². The van der Waals surface area contributed by atoms with Crippen LogP contribution in [0.2, 0.25) is 0 Å². The van der Waals surface area contributed by atoms with Crippen molar-refractivity contribution in [3.8, 4) is 0 Å². The van der Waals surface area contributed by atoms with Gasteiger partial charge in [-0.15, -0.1) is 0 Å². The Hall–Kier alpha value is -1.34. The molecule has 12 heteroatoms. The van der Waals surface area contributed by atoms with Crippen molar-refractivity contribution in [2.24, 2.45) is 46.3 Å². The number of carbonyl (C=O) groups is 1. The SMILES string of the molecule is C[C@@H]1CCC(OCCOC(=O)C(F)(F)S(=O)(=O)O)=C2C[C@H]3[C@@H]4C(O)C[C@@H]5CC(O)CC[C@]5(C)[C@H]4CC(O)[C@]3(C)[C@H]21.